The van der Waals surface area contributed by atoms with Crippen LogP contribution in [0.3, 0.4) is 0 Å². The van der Waals surface area contributed by atoms with E-state index in [1.807, 2.05) is 6.07 Å². The number of rotatable bonds is 1. The van der Waals surface area contributed by atoms with Crippen LogP contribution in [0, 0.1) is 6.07 Å². The Kier molecular flexibility index (Phi) is 2.70. The Morgan fingerprint density at radius 2 is 1.23 bits per heavy atom. The van der Waals surface area contributed by atoms with E-state index in [0.717, 1.165) is 5.39 Å². The predicted molar refractivity (Wildman–Crippen MR) is 112 cm³/mol. The second kappa shape index (κ2) is 5.06. The van der Waals surface area contributed by atoms with Gasteiger partial charge in [-0.05, 0) is 66.3 Å². The molecule has 0 saturated heterocycles. The first-order valence-corrected chi connectivity index (χ1v) is 8.96. The Hall–Kier alpha value is -3.38. The molecule has 0 saturated carbocycles. The summed E-state index contributed by atoms with van der Waals surface area (Å²) in [5.74, 6) is 0. The van der Waals surface area contributed by atoms with E-state index in [-0.39, 0.29) is 0 Å². The zero-order chi connectivity index (χ0) is 17.1. The highest BCUT2D eigenvalue weighted by atomic mass is 14.2. The quantitative estimate of drug-likeness (QED) is 0.280. The molecule has 26 heavy (non-hydrogen) atoms. The van der Waals surface area contributed by atoms with Crippen molar-refractivity contribution in [3.8, 4) is 11.1 Å². The van der Waals surface area contributed by atoms with Gasteiger partial charge in [0.1, 0.15) is 0 Å². The molecular formula is C26H15. The second-order valence-electron chi connectivity index (χ2n) is 6.91. The maximum atomic E-state index is 3.37. The molecule has 0 heterocycles. The third kappa shape index (κ3) is 1.79. The van der Waals surface area contributed by atoms with Gasteiger partial charge in [-0.1, -0.05) is 84.9 Å². The van der Waals surface area contributed by atoms with Crippen molar-refractivity contribution < 1.29 is 0 Å². The number of fused-ring (bicyclic) bond motifs is 1. The zero-order valence-corrected chi connectivity index (χ0v) is 14.2. The predicted octanol–water partition coefficient (Wildman–Crippen LogP) is 7.20. The lowest BCUT2D eigenvalue weighted by Gasteiger charge is -2.16. The van der Waals surface area contributed by atoms with Crippen LogP contribution in [-0.4, -0.2) is 0 Å². The minimum atomic E-state index is 1.16. The van der Waals surface area contributed by atoms with E-state index in [2.05, 4.69) is 91.0 Å². The highest BCUT2D eigenvalue weighted by molar-refractivity contribution is 6.27. The average molecular weight is 327 g/mol. The molecule has 6 aromatic rings. The van der Waals surface area contributed by atoms with E-state index in [0.29, 0.717) is 0 Å². The molecule has 0 atom stereocenters. The topological polar surface area (TPSA) is 0 Å². The third-order valence-electron chi connectivity index (χ3n) is 5.50. The van der Waals surface area contributed by atoms with Gasteiger partial charge in [0.15, 0.2) is 0 Å². The summed E-state index contributed by atoms with van der Waals surface area (Å²) < 4.78 is 0. The molecule has 0 N–H and O–H groups in total. The second-order valence-corrected chi connectivity index (χ2v) is 6.91. The summed E-state index contributed by atoms with van der Waals surface area (Å²) in [6, 6.07) is 36.2. The maximum absolute atomic E-state index is 3.37. The van der Waals surface area contributed by atoms with E-state index in [1.54, 1.807) is 0 Å². The van der Waals surface area contributed by atoms with Crippen molar-refractivity contribution in [1.82, 2.24) is 0 Å². The van der Waals surface area contributed by atoms with Crippen molar-refractivity contribution in [2.24, 2.45) is 0 Å². The maximum Gasteiger partial charge on any atom is -0.00206 e. The standard InChI is InChI=1S/C26H15/c1-2-11-21-17(6-1)7-4-12-22(21)24-16-20-10-3-8-18-14-15-19-9-5-13-23(24)26(19)25(18)20/h1-6,8-16H. The van der Waals surface area contributed by atoms with Gasteiger partial charge in [-0.3, -0.25) is 0 Å². The van der Waals surface area contributed by atoms with Crippen LogP contribution < -0.4 is 0 Å². The molecule has 6 rings (SSSR count). The first kappa shape index (κ1) is 13.9. The average Bonchev–Trinajstić information content (AvgIpc) is 2.71. The molecule has 0 aliphatic rings. The summed E-state index contributed by atoms with van der Waals surface area (Å²) in [5, 5.41) is 10.4. The van der Waals surface area contributed by atoms with Crippen molar-refractivity contribution in [2.75, 3.05) is 0 Å². The van der Waals surface area contributed by atoms with Gasteiger partial charge in [-0.2, -0.15) is 0 Å². The molecule has 0 heteroatoms. The summed E-state index contributed by atoms with van der Waals surface area (Å²) in [5.41, 5.74) is 2.57. The molecule has 0 aliphatic carbocycles. The van der Waals surface area contributed by atoms with E-state index < -0.39 is 0 Å². The van der Waals surface area contributed by atoms with Gasteiger partial charge in [0.25, 0.3) is 0 Å². The third-order valence-corrected chi connectivity index (χ3v) is 5.50. The van der Waals surface area contributed by atoms with Crippen LogP contribution in [-0.2, 0) is 0 Å². The van der Waals surface area contributed by atoms with Crippen molar-refractivity contribution >= 4 is 43.1 Å². The lowest BCUT2D eigenvalue weighted by atomic mass is 9.87. The Morgan fingerprint density at radius 1 is 0.500 bits per heavy atom. The lowest BCUT2D eigenvalue weighted by molar-refractivity contribution is 1.70. The van der Waals surface area contributed by atoms with Crippen molar-refractivity contribution in [3.63, 3.8) is 0 Å². The van der Waals surface area contributed by atoms with Crippen LogP contribution >= 0.6 is 0 Å². The number of hydrogen-bond acceptors (Lipinski definition) is 0. The summed E-state index contributed by atoms with van der Waals surface area (Å²) in [6.07, 6.45) is 0. The highest BCUT2D eigenvalue weighted by Gasteiger charge is 2.14. The first-order valence-electron chi connectivity index (χ1n) is 8.96. The molecule has 0 nitrogen and oxygen atoms in total. The molecule has 0 unspecified atom stereocenters. The molecule has 0 aliphatic heterocycles. The SMILES string of the molecule is [c]1ccc(-c2cc3cccc4ccc5cccc2c5c43)c2ccccc12. The summed E-state index contributed by atoms with van der Waals surface area (Å²) in [7, 11) is 0. The van der Waals surface area contributed by atoms with Gasteiger partial charge >= 0.3 is 0 Å². The van der Waals surface area contributed by atoms with Crippen LogP contribution in [0.4, 0.5) is 0 Å². The number of benzene rings is 6. The zero-order valence-electron chi connectivity index (χ0n) is 14.2. The Morgan fingerprint density at radius 3 is 2.15 bits per heavy atom. The molecule has 0 amide bonds. The first-order chi connectivity index (χ1) is 12.9. The van der Waals surface area contributed by atoms with Gasteiger partial charge < -0.3 is 0 Å². The summed E-state index contributed by atoms with van der Waals surface area (Å²) in [6.45, 7) is 0. The van der Waals surface area contributed by atoms with Gasteiger partial charge in [0.2, 0.25) is 0 Å². The Bertz CT molecular complexity index is 1420. The van der Waals surface area contributed by atoms with Gasteiger partial charge in [-0.25, -0.2) is 0 Å². The molecule has 0 aromatic heterocycles. The molecule has 0 fully saturated rings. The number of hydrogen-bond donors (Lipinski definition) is 0. The van der Waals surface area contributed by atoms with E-state index in [4.69, 9.17) is 0 Å². The normalized spacial score (nSPS) is 11.8. The van der Waals surface area contributed by atoms with E-state index >= 15 is 0 Å². The lowest BCUT2D eigenvalue weighted by Crippen LogP contribution is -1.88. The van der Waals surface area contributed by atoms with Crippen molar-refractivity contribution in [1.29, 1.82) is 0 Å². The molecular weight excluding hydrogens is 312 g/mol. The fourth-order valence-corrected chi connectivity index (χ4v) is 4.37. The van der Waals surface area contributed by atoms with Crippen LogP contribution in [0.1, 0.15) is 0 Å². The molecule has 6 aromatic carbocycles. The summed E-state index contributed by atoms with van der Waals surface area (Å²) in [4.78, 5) is 0. The van der Waals surface area contributed by atoms with Crippen LogP contribution in [0.5, 0.6) is 0 Å². The molecule has 0 spiro atoms. The molecule has 0 bridgehead atoms. The fourth-order valence-electron chi connectivity index (χ4n) is 4.37. The monoisotopic (exact) mass is 327 g/mol. The van der Waals surface area contributed by atoms with Gasteiger partial charge in [0, 0.05) is 0 Å². The van der Waals surface area contributed by atoms with Crippen LogP contribution in [0.2, 0.25) is 0 Å². The smallest absolute Gasteiger partial charge is 0.00206 e. The highest BCUT2D eigenvalue weighted by Crippen LogP contribution is 2.41. The van der Waals surface area contributed by atoms with E-state index in [1.165, 1.54) is 48.8 Å². The molecule has 1 radical (unpaired) electrons. The largest absolute Gasteiger partial charge is 0.0616 e. The van der Waals surface area contributed by atoms with Crippen molar-refractivity contribution in [3.05, 3.63) is 97.1 Å². The minimum absolute atomic E-state index is 1.16. The van der Waals surface area contributed by atoms with Crippen LogP contribution in [0.25, 0.3) is 54.2 Å². The van der Waals surface area contributed by atoms with Crippen LogP contribution in [0.15, 0.2) is 91.0 Å². The van der Waals surface area contributed by atoms with Gasteiger partial charge in [-0.15, -0.1) is 0 Å². The summed E-state index contributed by atoms with van der Waals surface area (Å²) >= 11 is 0. The van der Waals surface area contributed by atoms with Crippen molar-refractivity contribution in [2.45, 2.75) is 0 Å². The fraction of sp³-hybridized carbons (Fsp3) is 0. The van der Waals surface area contributed by atoms with Gasteiger partial charge in [0.05, 0.1) is 0 Å². The van der Waals surface area contributed by atoms with E-state index in [9.17, 15) is 0 Å². The molecule has 119 valence electrons. The Balaban J connectivity index is 1.87. The minimum Gasteiger partial charge on any atom is -0.0616 e. The Labute approximate surface area is 151 Å².